The lowest BCUT2D eigenvalue weighted by molar-refractivity contribution is 0.422. The van der Waals surface area contributed by atoms with Crippen molar-refractivity contribution in [3.63, 3.8) is 0 Å². The zero-order valence-electron chi connectivity index (χ0n) is 10.8. The summed E-state index contributed by atoms with van der Waals surface area (Å²) >= 11 is 0. The lowest BCUT2D eigenvalue weighted by atomic mass is 9.81. The molecule has 1 aromatic carbocycles. The van der Waals surface area contributed by atoms with E-state index in [0.29, 0.717) is 0 Å². The molecule has 0 saturated carbocycles. The standard InChI is InChI=1S/C16H24/c1-3-5-13-7-9-16-12-14(6-4-2)8-10-15(16)11-13/h7,9,11,14H,3-6,8,10,12H2,1-2H3. The predicted octanol–water partition coefficient (Wildman–Crippen LogP) is 4.54. The molecule has 1 aliphatic carbocycles. The molecule has 0 spiro atoms. The Balaban J connectivity index is 2.09. The summed E-state index contributed by atoms with van der Waals surface area (Å²) in [6.45, 7) is 4.57. The van der Waals surface area contributed by atoms with Crippen LogP contribution >= 0.6 is 0 Å². The van der Waals surface area contributed by atoms with Gasteiger partial charge < -0.3 is 0 Å². The molecule has 0 aliphatic heterocycles. The van der Waals surface area contributed by atoms with Crippen molar-refractivity contribution < 1.29 is 0 Å². The fourth-order valence-electron chi connectivity index (χ4n) is 2.98. The molecule has 88 valence electrons. The first-order valence-corrected chi connectivity index (χ1v) is 6.94. The summed E-state index contributed by atoms with van der Waals surface area (Å²) in [5, 5.41) is 0. The molecule has 0 heterocycles. The quantitative estimate of drug-likeness (QED) is 0.693. The summed E-state index contributed by atoms with van der Waals surface area (Å²) in [5.74, 6) is 0.953. The molecule has 1 unspecified atom stereocenters. The molecule has 1 aromatic rings. The van der Waals surface area contributed by atoms with Crippen LogP contribution in [0.5, 0.6) is 0 Å². The van der Waals surface area contributed by atoms with E-state index in [1.54, 1.807) is 11.1 Å². The number of hydrogen-bond acceptors (Lipinski definition) is 0. The minimum Gasteiger partial charge on any atom is -0.0654 e. The molecule has 1 aliphatic rings. The smallest absolute Gasteiger partial charge is 0.0248 e. The largest absolute Gasteiger partial charge is 0.0654 e. The normalized spacial score (nSPS) is 19.5. The van der Waals surface area contributed by atoms with Gasteiger partial charge >= 0.3 is 0 Å². The van der Waals surface area contributed by atoms with Gasteiger partial charge in [-0.15, -0.1) is 0 Å². The van der Waals surface area contributed by atoms with Crippen molar-refractivity contribution >= 4 is 0 Å². The second-order valence-corrected chi connectivity index (χ2v) is 5.25. The minimum absolute atomic E-state index is 0.953. The van der Waals surface area contributed by atoms with Gasteiger partial charge in [0.05, 0.1) is 0 Å². The lowest BCUT2D eigenvalue weighted by Crippen LogP contribution is -2.14. The molecule has 0 radical (unpaired) electrons. The third-order valence-corrected chi connectivity index (χ3v) is 3.84. The van der Waals surface area contributed by atoms with Crippen molar-refractivity contribution in [3.8, 4) is 0 Å². The Morgan fingerprint density at radius 3 is 2.75 bits per heavy atom. The van der Waals surface area contributed by atoms with E-state index in [-0.39, 0.29) is 0 Å². The van der Waals surface area contributed by atoms with Crippen LogP contribution in [0, 0.1) is 5.92 Å². The van der Waals surface area contributed by atoms with E-state index in [1.807, 2.05) is 0 Å². The third kappa shape index (κ3) is 2.66. The summed E-state index contributed by atoms with van der Waals surface area (Å²) in [4.78, 5) is 0. The van der Waals surface area contributed by atoms with Gasteiger partial charge in [-0.05, 0) is 48.3 Å². The molecule has 16 heavy (non-hydrogen) atoms. The summed E-state index contributed by atoms with van der Waals surface area (Å²) in [6.07, 6.45) is 9.32. The monoisotopic (exact) mass is 216 g/mol. The molecule has 2 rings (SSSR count). The first-order chi connectivity index (χ1) is 7.83. The Hall–Kier alpha value is -0.780. The van der Waals surface area contributed by atoms with Crippen LogP contribution in [0.2, 0.25) is 0 Å². The fraction of sp³-hybridized carbons (Fsp3) is 0.625. The van der Waals surface area contributed by atoms with Crippen LogP contribution in [0.3, 0.4) is 0 Å². The number of fused-ring (bicyclic) bond motifs is 1. The fourth-order valence-corrected chi connectivity index (χ4v) is 2.98. The van der Waals surface area contributed by atoms with E-state index in [2.05, 4.69) is 32.0 Å². The molecule has 0 fully saturated rings. The maximum atomic E-state index is 2.46. The number of hydrogen-bond donors (Lipinski definition) is 0. The van der Waals surface area contributed by atoms with Gasteiger partial charge in [0.2, 0.25) is 0 Å². The van der Waals surface area contributed by atoms with Crippen molar-refractivity contribution in [3.05, 3.63) is 34.9 Å². The van der Waals surface area contributed by atoms with Crippen molar-refractivity contribution in [2.45, 2.75) is 58.8 Å². The first-order valence-electron chi connectivity index (χ1n) is 6.94. The summed E-state index contributed by atoms with van der Waals surface area (Å²) in [5.41, 5.74) is 4.80. The minimum atomic E-state index is 0.953. The van der Waals surface area contributed by atoms with Crippen molar-refractivity contribution in [2.24, 2.45) is 5.92 Å². The van der Waals surface area contributed by atoms with Crippen molar-refractivity contribution in [1.29, 1.82) is 0 Å². The van der Waals surface area contributed by atoms with Crippen LogP contribution in [0.4, 0.5) is 0 Å². The molecule has 0 heteroatoms. The lowest BCUT2D eigenvalue weighted by Gasteiger charge is -2.24. The summed E-state index contributed by atoms with van der Waals surface area (Å²) in [7, 11) is 0. The van der Waals surface area contributed by atoms with Gasteiger partial charge in [-0.3, -0.25) is 0 Å². The molecule has 0 aromatic heterocycles. The van der Waals surface area contributed by atoms with E-state index < -0.39 is 0 Å². The third-order valence-electron chi connectivity index (χ3n) is 3.84. The maximum absolute atomic E-state index is 2.46. The molecule has 0 nitrogen and oxygen atoms in total. The highest BCUT2D eigenvalue weighted by Crippen LogP contribution is 2.29. The van der Waals surface area contributed by atoms with Crippen LogP contribution < -0.4 is 0 Å². The molecular weight excluding hydrogens is 192 g/mol. The Bertz CT molecular complexity index is 338. The van der Waals surface area contributed by atoms with Crippen LogP contribution in [0.15, 0.2) is 18.2 Å². The Morgan fingerprint density at radius 1 is 1.12 bits per heavy atom. The van der Waals surface area contributed by atoms with Gasteiger partial charge in [0, 0.05) is 0 Å². The van der Waals surface area contributed by atoms with Crippen LogP contribution in [0.25, 0.3) is 0 Å². The summed E-state index contributed by atoms with van der Waals surface area (Å²) in [6, 6.07) is 7.19. The second-order valence-electron chi connectivity index (χ2n) is 5.25. The zero-order valence-corrected chi connectivity index (χ0v) is 10.8. The van der Waals surface area contributed by atoms with Crippen molar-refractivity contribution in [1.82, 2.24) is 0 Å². The van der Waals surface area contributed by atoms with Gasteiger partial charge in [-0.25, -0.2) is 0 Å². The van der Waals surface area contributed by atoms with E-state index in [4.69, 9.17) is 0 Å². The Labute approximate surface area is 100 Å². The van der Waals surface area contributed by atoms with Crippen LogP contribution in [0.1, 0.15) is 56.2 Å². The van der Waals surface area contributed by atoms with Gasteiger partial charge in [-0.2, -0.15) is 0 Å². The highest BCUT2D eigenvalue weighted by Gasteiger charge is 2.17. The SMILES string of the molecule is CCCc1ccc2c(c1)CCC(CCC)C2. The Kier molecular flexibility index (Phi) is 4.04. The second kappa shape index (κ2) is 5.52. The number of rotatable bonds is 4. The Morgan fingerprint density at radius 2 is 2.00 bits per heavy atom. The molecule has 0 saturated heterocycles. The molecule has 0 N–H and O–H groups in total. The highest BCUT2D eigenvalue weighted by atomic mass is 14.2. The van der Waals surface area contributed by atoms with Crippen LogP contribution in [-0.4, -0.2) is 0 Å². The molecule has 1 atom stereocenters. The van der Waals surface area contributed by atoms with Gasteiger partial charge in [0.15, 0.2) is 0 Å². The summed E-state index contributed by atoms with van der Waals surface area (Å²) < 4.78 is 0. The number of benzene rings is 1. The van der Waals surface area contributed by atoms with E-state index in [0.717, 1.165) is 5.92 Å². The van der Waals surface area contributed by atoms with Gasteiger partial charge in [-0.1, -0.05) is 51.3 Å². The van der Waals surface area contributed by atoms with Crippen molar-refractivity contribution in [2.75, 3.05) is 0 Å². The first kappa shape index (κ1) is 11.7. The molecule has 0 amide bonds. The topological polar surface area (TPSA) is 0 Å². The molecular formula is C16H24. The molecule has 0 bridgehead atoms. The van der Waals surface area contributed by atoms with E-state index in [1.165, 1.54) is 50.5 Å². The maximum Gasteiger partial charge on any atom is -0.0248 e. The predicted molar refractivity (Wildman–Crippen MR) is 70.9 cm³/mol. The van der Waals surface area contributed by atoms with E-state index in [9.17, 15) is 0 Å². The van der Waals surface area contributed by atoms with E-state index >= 15 is 0 Å². The van der Waals surface area contributed by atoms with Gasteiger partial charge in [0.1, 0.15) is 0 Å². The highest BCUT2D eigenvalue weighted by molar-refractivity contribution is 5.34. The van der Waals surface area contributed by atoms with Gasteiger partial charge in [0.25, 0.3) is 0 Å². The average molecular weight is 216 g/mol. The number of aryl methyl sites for hydroxylation is 2. The van der Waals surface area contributed by atoms with Crippen LogP contribution in [-0.2, 0) is 19.3 Å². The average Bonchev–Trinajstić information content (AvgIpc) is 2.30. The zero-order chi connectivity index (χ0) is 11.4.